The average Bonchev–Trinajstić information content (AvgIpc) is 2.55. The van der Waals surface area contributed by atoms with Gasteiger partial charge in [0.05, 0.1) is 17.8 Å². The number of hydrogen-bond donors (Lipinski definition) is 1. The van der Waals surface area contributed by atoms with Gasteiger partial charge < -0.3 is 10.1 Å². The van der Waals surface area contributed by atoms with E-state index in [0.717, 1.165) is 0 Å². The van der Waals surface area contributed by atoms with Gasteiger partial charge in [0, 0.05) is 11.1 Å². The van der Waals surface area contributed by atoms with E-state index in [1.54, 1.807) is 42.5 Å². The number of methoxy groups -OCH3 is 1. The summed E-state index contributed by atoms with van der Waals surface area (Å²) < 4.78 is 5.13. The van der Waals surface area contributed by atoms with E-state index in [2.05, 4.69) is 5.32 Å². The fourth-order valence-corrected chi connectivity index (χ4v) is 2.21. The third-order valence-electron chi connectivity index (χ3n) is 2.99. The first kappa shape index (κ1) is 16.3. The Morgan fingerprint density at radius 3 is 2.50 bits per heavy atom. The fourth-order valence-electron chi connectivity index (χ4n) is 1.92. The topological polar surface area (TPSA) is 55.4 Å². The number of carbonyl (C=O) groups is 2. The third-order valence-corrected chi connectivity index (χ3v) is 3.56. The Labute approximate surface area is 138 Å². The molecular formula is C16H13Cl2NO3. The molecule has 2 rings (SSSR count). The largest absolute Gasteiger partial charge is 0.497 e. The highest BCUT2D eigenvalue weighted by atomic mass is 35.5. The van der Waals surface area contributed by atoms with Gasteiger partial charge in [-0.3, -0.25) is 9.59 Å². The number of alkyl halides is 1. The summed E-state index contributed by atoms with van der Waals surface area (Å²) in [6, 6.07) is 11.5. The second kappa shape index (κ2) is 7.29. The van der Waals surface area contributed by atoms with Crippen LogP contribution in [0.5, 0.6) is 5.75 Å². The molecule has 0 saturated heterocycles. The summed E-state index contributed by atoms with van der Waals surface area (Å²) in [6.07, 6.45) is 0. The van der Waals surface area contributed by atoms with Crippen LogP contribution in [0.15, 0.2) is 42.5 Å². The van der Waals surface area contributed by atoms with Crippen LogP contribution in [0.4, 0.5) is 5.69 Å². The van der Waals surface area contributed by atoms with Gasteiger partial charge in [0.15, 0.2) is 5.78 Å². The molecule has 1 amide bonds. The molecule has 0 atom stereocenters. The minimum absolute atomic E-state index is 0.203. The van der Waals surface area contributed by atoms with Crippen LogP contribution in [-0.2, 0) is 4.79 Å². The van der Waals surface area contributed by atoms with Gasteiger partial charge in [-0.05, 0) is 30.3 Å². The molecule has 2 aromatic carbocycles. The molecule has 0 radical (unpaired) electrons. The van der Waals surface area contributed by atoms with Crippen molar-refractivity contribution in [3.05, 3.63) is 58.6 Å². The molecule has 0 bridgehead atoms. The highest BCUT2D eigenvalue weighted by molar-refractivity contribution is 6.35. The first-order valence-corrected chi connectivity index (χ1v) is 7.31. The zero-order valence-corrected chi connectivity index (χ0v) is 13.2. The van der Waals surface area contributed by atoms with Crippen LogP contribution in [0.2, 0.25) is 5.02 Å². The number of halogens is 2. The predicted octanol–water partition coefficient (Wildman–Crippen LogP) is 3.76. The number of amides is 1. The second-order valence-electron chi connectivity index (χ2n) is 4.40. The Hall–Kier alpha value is -2.04. The number of benzene rings is 2. The second-order valence-corrected chi connectivity index (χ2v) is 5.08. The monoisotopic (exact) mass is 337 g/mol. The van der Waals surface area contributed by atoms with Crippen LogP contribution in [0.3, 0.4) is 0 Å². The maximum atomic E-state index is 12.7. The maximum absolute atomic E-state index is 12.7. The molecule has 114 valence electrons. The lowest BCUT2D eigenvalue weighted by Crippen LogP contribution is -2.16. The summed E-state index contributed by atoms with van der Waals surface area (Å²) in [5, 5.41) is 2.93. The van der Waals surface area contributed by atoms with Crippen molar-refractivity contribution < 1.29 is 14.3 Å². The summed E-state index contributed by atoms with van der Waals surface area (Å²) in [5.41, 5.74) is 0.987. The van der Waals surface area contributed by atoms with E-state index in [1.807, 2.05) is 0 Å². The Morgan fingerprint density at radius 2 is 1.86 bits per heavy atom. The molecule has 0 fully saturated rings. The van der Waals surface area contributed by atoms with Gasteiger partial charge in [-0.2, -0.15) is 0 Å². The highest BCUT2D eigenvalue weighted by Gasteiger charge is 2.18. The molecule has 0 spiro atoms. The number of ketones is 1. The molecule has 0 aromatic heterocycles. The van der Waals surface area contributed by atoms with Crippen LogP contribution in [0.1, 0.15) is 15.9 Å². The smallest absolute Gasteiger partial charge is 0.239 e. The van der Waals surface area contributed by atoms with E-state index in [4.69, 9.17) is 27.9 Å². The standard InChI is InChI=1S/C16H13Cl2NO3/c1-22-10-6-7-14(19-15(20)9-17)12(8-10)16(21)11-4-2-3-5-13(11)18/h2-8H,9H2,1H3,(H,19,20). The van der Waals surface area contributed by atoms with Crippen molar-refractivity contribution in [1.82, 2.24) is 0 Å². The number of carbonyl (C=O) groups excluding carboxylic acids is 2. The van der Waals surface area contributed by atoms with Gasteiger partial charge in [0.2, 0.25) is 5.91 Å². The fraction of sp³-hybridized carbons (Fsp3) is 0.125. The third kappa shape index (κ3) is 3.59. The molecule has 6 heteroatoms. The van der Waals surface area contributed by atoms with Crippen molar-refractivity contribution in [3.63, 3.8) is 0 Å². The van der Waals surface area contributed by atoms with Crippen molar-refractivity contribution in [2.45, 2.75) is 0 Å². The summed E-state index contributed by atoms with van der Waals surface area (Å²) >= 11 is 11.6. The molecule has 1 N–H and O–H groups in total. The minimum atomic E-state index is -0.403. The van der Waals surface area contributed by atoms with Gasteiger partial charge >= 0.3 is 0 Å². The molecule has 0 aliphatic heterocycles. The minimum Gasteiger partial charge on any atom is -0.497 e. The highest BCUT2D eigenvalue weighted by Crippen LogP contribution is 2.27. The van der Waals surface area contributed by atoms with Gasteiger partial charge in [-0.15, -0.1) is 11.6 Å². The van der Waals surface area contributed by atoms with Crippen molar-refractivity contribution in [3.8, 4) is 5.75 Å². The number of hydrogen-bond acceptors (Lipinski definition) is 3. The molecular weight excluding hydrogens is 325 g/mol. The van der Waals surface area contributed by atoms with Gasteiger partial charge in [-0.25, -0.2) is 0 Å². The van der Waals surface area contributed by atoms with Crippen LogP contribution in [-0.4, -0.2) is 24.7 Å². The summed E-state index contributed by atoms with van der Waals surface area (Å²) in [5.74, 6) is -0.417. The lowest BCUT2D eigenvalue weighted by atomic mass is 10.0. The molecule has 2 aromatic rings. The predicted molar refractivity (Wildman–Crippen MR) is 87.2 cm³/mol. The summed E-state index contributed by atoms with van der Waals surface area (Å²) in [4.78, 5) is 24.2. The maximum Gasteiger partial charge on any atom is 0.239 e. The van der Waals surface area contributed by atoms with Gasteiger partial charge in [0.25, 0.3) is 0 Å². The van der Waals surface area contributed by atoms with Crippen LogP contribution >= 0.6 is 23.2 Å². The van der Waals surface area contributed by atoms with Crippen LogP contribution in [0.25, 0.3) is 0 Å². The Bertz CT molecular complexity index is 716. The molecule has 0 aliphatic rings. The zero-order valence-electron chi connectivity index (χ0n) is 11.7. The first-order chi connectivity index (χ1) is 10.6. The quantitative estimate of drug-likeness (QED) is 0.667. The van der Waals surface area contributed by atoms with E-state index in [0.29, 0.717) is 22.0 Å². The average molecular weight is 338 g/mol. The van der Waals surface area contributed by atoms with Crippen LogP contribution < -0.4 is 10.1 Å². The van der Waals surface area contributed by atoms with Crippen molar-refractivity contribution in [2.24, 2.45) is 0 Å². The SMILES string of the molecule is COc1ccc(NC(=O)CCl)c(C(=O)c2ccccc2Cl)c1. The molecule has 0 saturated carbocycles. The Kier molecular flexibility index (Phi) is 5.41. The Balaban J connectivity index is 2.49. The number of ether oxygens (including phenoxy) is 1. The summed E-state index contributed by atoms with van der Waals surface area (Å²) in [7, 11) is 1.50. The molecule has 0 unspecified atom stereocenters. The number of nitrogens with one attached hydrogen (secondary N) is 1. The van der Waals surface area contributed by atoms with Gasteiger partial charge in [0.1, 0.15) is 11.6 Å². The first-order valence-electron chi connectivity index (χ1n) is 6.40. The Morgan fingerprint density at radius 1 is 1.14 bits per heavy atom. The normalized spacial score (nSPS) is 10.1. The van der Waals surface area contributed by atoms with E-state index < -0.39 is 5.91 Å². The summed E-state index contributed by atoms with van der Waals surface area (Å²) in [6.45, 7) is 0. The van der Waals surface area contributed by atoms with Crippen molar-refractivity contribution in [1.29, 1.82) is 0 Å². The van der Waals surface area contributed by atoms with Crippen molar-refractivity contribution >= 4 is 40.6 Å². The molecule has 0 aliphatic carbocycles. The molecule has 4 nitrogen and oxygen atoms in total. The van der Waals surface area contributed by atoms with E-state index >= 15 is 0 Å². The van der Waals surface area contributed by atoms with Crippen molar-refractivity contribution in [2.75, 3.05) is 18.3 Å². The molecule has 0 heterocycles. The molecule has 22 heavy (non-hydrogen) atoms. The lowest BCUT2D eigenvalue weighted by molar-refractivity contribution is -0.113. The number of anilines is 1. The van der Waals surface area contributed by atoms with Gasteiger partial charge in [-0.1, -0.05) is 23.7 Å². The van der Waals surface area contributed by atoms with E-state index in [1.165, 1.54) is 7.11 Å². The van der Waals surface area contributed by atoms with E-state index in [9.17, 15) is 9.59 Å². The zero-order chi connectivity index (χ0) is 16.1. The van der Waals surface area contributed by atoms with E-state index in [-0.39, 0.29) is 17.2 Å². The van der Waals surface area contributed by atoms with Crippen LogP contribution in [0, 0.1) is 0 Å². The number of rotatable bonds is 5. The lowest BCUT2D eigenvalue weighted by Gasteiger charge is -2.12.